The lowest BCUT2D eigenvalue weighted by molar-refractivity contribution is -0.141. The van der Waals surface area contributed by atoms with Crippen molar-refractivity contribution in [3.8, 4) is 0 Å². The summed E-state index contributed by atoms with van der Waals surface area (Å²) in [7, 11) is -3.67. The molecular weight excluding hydrogens is 528 g/mol. The topological polar surface area (TPSA) is 87.7 Å². The summed E-state index contributed by atoms with van der Waals surface area (Å²) in [5, 5.41) is 2.34. The second-order valence-corrected chi connectivity index (χ2v) is 9.79. The summed E-state index contributed by atoms with van der Waals surface area (Å²) in [5.41, 5.74) is -0.600. The maximum absolute atomic E-state index is 13.6. The predicted molar refractivity (Wildman–Crippen MR) is 110 cm³/mol. The third kappa shape index (κ3) is 5.18. The molecule has 31 heavy (non-hydrogen) atoms. The van der Waals surface area contributed by atoms with E-state index in [1.54, 1.807) is 0 Å². The van der Waals surface area contributed by atoms with Crippen LogP contribution in [-0.2, 0) is 16.0 Å². The molecule has 2 aromatic heterocycles. The molecule has 0 aliphatic heterocycles. The lowest BCUT2D eigenvalue weighted by Gasteiger charge is -2.19. The SMILES string of the molecule is Cc1[nH]c(C(Nc2ccc(Br)c(C(F)(F)F)n2)c2ccc(F)c(Cl)c2)nc1S(C)(=O)=O. The number of aryl methyl sites for hydroxylation is 1. The zero-order valence-electron chi connectivity index (χ0n) is 15.9. The molecule has 13 heteroatoms. The summed E-state index contributed by atoms with van der Waals surface area (Å²) in [4.78, 5) is 10.5. The second-order valence-electron chi connectivity index (χ2n) is 6.60. The highest BCUT2D eigenvalue weighted by Gasteiger charge is 2.35. The Kier molecular flexibility index (Phi) is 6.36. The van der Waals surface area contributed by atoms with Gasteiger partial charge in [-0.05, 0) is 52.7 Å². The molecule has 1 atom stereocenters. The van der Waals surface area contributed by atoms with Crippen LogP contribution in [0.3, 0.4) is 0 Å². The van der Waals surface area contributed by atoms with E-state index in [0.717, 1.165) is 12.3 Å². The van der Waals surface area contributed by atoms with Crippen LogP contribution in [0, 0.1) is 12.7 Å². The van der Waals surface area contributed by atoms with Gasteiger partial charge in [-0.2, -0.15) is 13.2 Å². The molecule has 0 saturated carbocycles. The highest BCUT2D eigenvalue weighted by atomic mass is 79.9. The summed E-state index contributed by atoms with van der Waals surface area (Å²) < 4.78 is 77.0. The molecule has 2 N–H and O–H groups in total. The predicted octanol–water partition coefficient (Wildman–Crippen LogP) is 5.29. The number of rotatable bonds is 5. The van der Waals surface area contributed by atoms with Gasteiger partial charge in [-0.15, -0.1) is 0 Å². The van der Waals surface area contributed by atoms with Gasteiger partial charge in [-0.1, -0.05) is 17.7 Å². The Labute approximate surface area is 188 Å². The van der Waals surface area contributed by atoms with Crippen LogP contribution < -0.4 is 5.32 Å². The Balaban J connectivity index is 2.13. The van der Waals surface area contributed by atoms with Crippen LogP contribution in [0.2, 0.25) is 5.02 Å². The molecule has 1 unspecified atom stereocenters. The molecule has 0 spiro atoms. The number of hydrogen-bond donors (Lipinski definition) is 2. The molecule has 0 fully saturated rings. The first kappa shape index (κ1) is 23.5. The van der Waals surface area contributed by atoms with Gasteiger partial charge in [0.1, 0.15) is 23.5 Å². The van der Waals surface area contributed by atoms with Gasteiger partial charge in [0.25, 0.3) is 0 Å². The number of benzene rings is 1. The molecule has 0 bridgehead atoms. The average Bonchev–Trinajstić information content (AvgIpc) is 3.04. The lowest BCUT2D eigenvalue weighted by atomic mass is 10.1. The van der Waals surface area contributed by atoms with Crippen molar-refractivity contribution in [2.45, 2.75) is 24.2 Å². The standard InChI is InChI=1S/C18H14BrClF4N4O2S/c1-8-17(31(2,29)30)28-16(25-8)14(9-3-5-12(21)11(20)7-9)26-13-6-4-10(19)15(27-13)18(22,23)24/h3-7,14H,1-2H3,(H,25,28)(H,26,27). The van der Waals surface area contributed by atoms with Crippen LogP contribution in [0.25, 0.3) is 0 Å². The number of H-pyrrole nitrogens is 1. The molecule has 2 heterocycles. The first-order chi connectivity index (χ1) is 14.3. The van der Waals surface area contributed by atoms with E-state index in [1.807, 2.05) is 0 Å². The fraction of sp³-hybridized carbons (Fsp3) is 0.222. The van der Waals surface area contributed by atoms with E-state index in [1.165, 1.54) is 31.2 Å². The number of aromatic nitrogens is 3. The minimum atomic E-state index is -4.71. The van der Waals surface area contributed by atoms with Gasteiger partial charge in [0.2, 0.25) is 0 Å². The Morgan fingerprint density at radius 2 is 1.87 bits per heavy atom. The molecule has 0 aliphatic carbocycles. The Morgan fingerprint density at radius 1 is 1.19 bits per heavy atom. The molecule has 3 aromatic rings. The highest BCUT2D eigenvalue weighted by molar-refractivity contribution is 9.10. The summed E-state index contributed by atoms with van der Waals surface area (Å²) in [5.74, 6) is -0.799. The number of alkyl halides is 3. The summed E-state index contributed by atoms with van der Waals surface area (Å²) in [6.45, 7) is 1.49. The Bertz CT molecular complexity index is 1250. The lowest BCUT2D eigenvalue weighted by Crippen LogP contribution is -2.17. The van der Waals surface area contributed by atoms with Gasteiger partial charge in [0.05, 0.1) is 10.7 Å². The molecule has 0 amide bonds. The molecule has 0 saturated heterocycles. The van der Waals surface area contributed by atoms with Crippen molar-refractivity contribution in [1.82, 2.24) is 15.0 Å². The highest BCUT2D eigenvalue weighted by Crippen LogP contribution is 2.35. The maximum Gasteiger partial charge on any atom is 0.434 e. The van der Waals surface area contributed by atoms with E-state index >= 15 is 0 Å². The third-order valence-corrected chi connectivity index (χ3v) is 6.20. The van der Waals surface area contributed by atoms with Crippen molar-refractivity contribution >= 4 is 43.2 Å². The van der Waals surface area contributed by atoms with Gasteiger partial charge in [0, 0.05) is 10.7 Å². The first-order valence-corrected chi connectivity index (χ1v) is 11.6. The zero-order valence-corrected chi connectivity index (χ0v) is 19.0. The van der Waals surface area contributed by atoms with Crippen molar-refractivity contribution in [3.63, 3.8) is 0 Å². The molecule has 6 nitrogen and oxygen atoms in total. The number of nitrogens with one attached hydrogen (secondary N) is 2. The normalized spacial score (nSPS) is 13.3. The first-order valence-electron chi connectivity index (χ1n) is 8.49. The average molecular weight is 542 g/mol. The molecule has 3 rings (SSSR count). The molecule has 0 aliphatic rings. The van der Waals surface area contributed by atoms with E-state index in [9.17, 15) is 26.0 Å². The molecule has 1 aromatic carbocycles. The summed E-state index contributed by atoms with van der Waals surface area (Å²) in [6.07, 6.45) is -3.74. The van der Waals surface area contributed by atoms with Crippen molar-refractivity contribution in [2.75, 3.05) is 11.6 Å². The summed E-state index contributed by atoms with van der Waals surface area (Å²) in [6, 6.07) is 5.14. The van der Waals surface area contributed by atoms with E-state index in [0.29, 0.717) is 5.56 Å². The number of halogens is 6. The quantitative estimate of drug-likeness (QED) is 0.429. The smallest absolute Gasteiger partial charge is 0.356 e. The van der Waals surface area contributed by atoms with Crippen molar-refractivity contribution in [1.29, 1.82) is 0 Å². The molecule has 0 radical (unpaired) electrons. The number of imidazole rings is 1. The van der Waals surface area contributed by atoms with Gasteiger partial charge in [-0.3, -0.25) is 0 Å². The van der Waals surface area contributed by atoms with Gasteiger partial charge < -0.3 is 10.3 Å². The minimum Gasteiger partial charge on any atom is -0.356 e. The van der Waals surface area contributed by atoms with Crippen molar-refractivity contribution < 1.29 is 26.0 Å². The third-order valence-electron chi connectivity index (χ3n) is 4.17. The number of nitrogens with zero attached hydrogens (tertiary/aromatic N) is 2. The number of anilines is 1. The van der Waals surface area contributed by atoms with Crippen LogP contribution in [0.15, 0.2) is 39.8 Å². The molecule has 166 valence electrons. The van der Waals surface area contributed by atoms with Gasteiger partial charge in [0.15, 0.2) is 20.6 Å². The van der Waals surface area contributed by atoms with E-state index in [4.69, 9.17) is 11.6 Å². The summed E-state index contributed by atoms with van der Waals surface area (Å²) >= 11 is 8.68. The maximum atomic E-state index is 13.6. The minimum absolute atomic E-state index is 0.0684. The molecular formula is C18H14BrClF4N4O2S. The van der Waals surface area contributed by atoms with Crippen LogP contribution in [0.1, 0.15) is 28.8 Å². The number of sulfone groups is 1. The van der Waals surface area contributed by atoms with E-state index in [2.05, 4.69) is 36.2 Å². The fourth-order valence-electron chi connectivity index (χ4n) is 2.84. The fourth-order valence-corrected chi connectivity index (χ4v) is 4.34. The van der Waals surface area contributed by atoms with Gasteiger partial charge in [-0.25, -0.2) is 22.8 Å². The number of hydrogen-bond acceptors (Lipinski definition) is 5. The van der Waals surface area contributed by atoms with Crippen LogP contribution >= 0.6 is 27.5 Å². The van der Waals surface area contributed by atoms with Crippen LogP contribution in [-0.4, -0.2) is 29.6 Å². The van der Waals surface area contributed by atoms with Crippen LogP contribution in [0.5, 0.6) is 0 Å². The largest absolute Gasteiger partial charge is 0.434 e. The van der Waals surface area contributed by atoms with Gasteiger partial charge >= 0.3 is 6.18 Å². The Morgan fingerprint density at radius 3 is 2.42 bits per heavy atom. The zero-order chi connectivity index (χ0) is 23.1. The Hall–Kier alpha value is -2.18. The number of aromatic amines is 1. The van der Waals surface area contributed by atoms with Crippen molar-refractivity contribution in [2.24, 2.45) is 0 Å². The van der Waals surface area contributed by atoms with E-state index < -0.39 is 33.6 Å². The van der Waals surface area contributed by atoms with Crippen LogP contribution in [0.4, 0.5) is 23.4 Å². The monoisotopic (exact) mass is 540 g/mol. The number of pyridine rings is 1. The van der Waals surface area contributed by atoms with Crippen molar-refractivity contribution in [3.05, 3.63) is 68.4 Å². The van der Waals surface area contributed by atoms with E-state index in [-0.39, 0.29) is 31.9 Å². The second kappa shape index (κ2) is 8.40.